The highest BCUT2D eigenvalue weighted by atomic mass is 19.4. The summed E-state index contributed by atoms with van der Waals surface area (Å²) in [5.41, 5.74) is -0.701. The molecule has 1 unspecified atom stereocenters. The summed E-state index contributed by atoms with van der Waals surface area (Å²) < 4.78 is 38.5. The monoisotopic (exact) mass is 302 g/mol. The lowest BCUT2D eigenvalue weighted by Crippen LogP contribution is -2.36. The van der Waals surface area contributed by atoms with Gasteiger partial charge in [0.15, 0.2) is 0 Å². The first-order chi connectivity index (χ1) is 9.81. The van der Waals surface area contributed by atoms with Crippen molar-refractivity contribution in [3.8, 4) is 0 Å². The molecule has 118 valence electrons. The van der Waals surface area contributed by atoms with Gasteiger partial charge in [0, 0.05) is 25.7 Å². The summed E-state index contributed by atoms with van der Waals surface area (Å²) in [6, 6.07) is 2.91. The summed E-state index contributed by atoms with van der Waals surface area (Å²) in [4.78, 5) is 6.37. The van der Waals surface area contributed by atoms with E-state index in [-0.39, 0.29) is 17.7 Å². The summed E-state index contributed by atoms with van der Waals surface area (Å²) in [6.07, 6.45) is -1.97. The van der Waals surface area contributed by atoms with Gasteiger partial charge in [-0.25, -0.2) is 4.98 Å². The zero-order valence-electron chi connectivity index (χ0n) is 12.5. The first-order valence-corrected chi connectivity index (χ1v) is 7.04. The van der Waals surface area contributed by atoms with Crippen LogP contribution in [0.5, 0.6) is 0 Å². The Morgan fingerprint density at radius 2 is 1.95 bits per heavy atom. The number of likely N-dealkylation sites (N-methyl/N-ethyl adjacent to an activating group) is 1. The molecule has 0 bridgehead atoms. The molecule has 0 aromatic carbocycles. The highest BCUT2D eigenvalue weighted by molar-refractivity contribution is 5.49. The standard InChI is InChI=1S/C14H21F3N4/c1-9(21(3)11-4-5-11)8-19-13-7-10(14(15,16)17)6-12(18-2)20-13/h6-7,9,11H,4-5,8H2,1-3H3,(H2,18,19,20). The fourth-order valence-corrected chi connectivity index (χ4v) is 2.15. The molecular weight excluding hydrogens is 281 g/mol. The Morgan fingerprint density at radius 3 is 2.48 bits per heavy atom. The van der Waals surface area contributed by atoms with Gasteiger partial charge in [0.1, 0.15) is 11.6 Å². The van der Waals surface area contributed by atoms with Gasteiger partial charge in [-0.1, -0.05) is 0 Å². The molecule has 4 nitrogen and oxygen atoms in total. The van der Waals surface area contributed by atoms with Crippen molar-refractivity contribution in [1.29, 1.82) is 0 Å². The molecule has 0 saturated heterocycles. The number of halogens is 3. The Balaban J connectivity index is 2.04. The Hall–Kier alpha value is -1.50. The molecule has 2 N–H and O–H groups in total. The largest absolute Gasteiger partial charge is 0.416 e. The second kappa shape index (κ2) is 6.09. The van der Waals surface area contributed by atoms with Crippen molar-refractivity contribution in [3.63, 3.8) is 0 Å². The highest BCUT2D eigenvalue weighted by Crippen LogP contribution is 2.32. The van der Waals surface area contributed by atoms with E-state index < -0.39 is 11.7 Å². The van der Waals surface area contributed by atoms with Gasteiger partial charge in [0.05, 0.1) is 5.56 Å². The molecule has 1 aliphatic carbocycles. The summed E-state index contributed by atoms with van der Waals surface area (Å²) in [6.45, 7) is 2.61. The van der Waals surface area contributed by atoms with Crippen molar-refractivity contribution in [2.75, 3.05) is 31.3 Å². The van der Waals surface area contributed by atoms with E-state index in [1.807, 2.05) is 7.05 Å². The third kappa shape index (κ3) is 4.23. The zero-order chi connectivity index (χ0) is 15.6. The number of hydrogen-bond donors (Lipinski definition) is 2. The number of nitrogens with zero attached hydrogens (tertiary/aromatic N) is 2. The minimum Gasteiger partial charge on any atom is -0.373 e. The molecule has 1 aliphatic rings. The van der Waals surface area contributed by atoms with Gasteiger partial charge < -0.3 is 10.6 Å². The van der Waals surface area contributed by atoms with Crippen molar-refractivity contribution < 1.29 is 13.2 Å². The fraction of sp³-hybridized carbons (Fsp3) is 0.643. The number of alkyl halides is 3. The minimum absolute atomic E-state index is 0.204. The first kappa shape index (κ1) is 15.9. The fourth-order valence-electron chi connectivity index (χ4n) is 2.15. The lowest BCUT2D eigenvalue weighted by Gasteiger charge is -2.25. The predicted molar refractivity (Wildman–Crippen MR) is 77.5 cm³/mol. The Morgan fingerprint density at radius 1 is 1.33 bits per heavy atom. The van der Waals surface area contributed by atoms with E-state index in [9.17, 15) is 13.2 Å². The number of pyridine rings is 1. The van der Waals surface area contributed by atoms with Crippen LogP contribution < -0.4 is 10.6 Å². The lowest BCUT2D eigenvalue weighted by atomic mass is 10.2. The average Bonchev–Trinajstić information content (AvgIpc) is 3.27. The van der Waals surface area contributed by atoms with Gasteiger partial charge >= 0.3 is 6.18 Å². The van der Waals surface area contributed by atoms with Crippen LogP contribution in [0.2, 0.25) is 0 Å². The van der Waals surface area contributed by atoms with Gasteiger partial charge in [-0.05, 0) is 38.9 Å². The molecule has 0 spiro atoms. The second-order valence-electron chi connectivity index (χ2n) is 5.50. The third-order valence-corrected chi connectivity index (χ3v) is 3.81. The molecule has 0 amide bonds. The van der Waals surface area contributed by atoms with Crippen LogP contribution in [-0.2, 0) is 6.18 Å². The van der Waals surface area contributed by atoms with Crippen molar-refractivity contribution in [1.82, 2.24) is 9.88 Å². The lowest BCUT2D eigenvalue weighted by molar-refractivity contribution is -0.137. The number of hydrogen-bond acceptors (Lipinski definition) is 4. The van der Waals surface area contributed by atoms with E-state index >= 15 is 0 Å². The number of nitrogens with one attached hydrogen (secondary N) is 2. The van der Waals surface area contributed by atoms with Crippen molar-refractivity contribution in [2.45, 2.75) is 38.0 Å². The van der Waals surface area contributed by atoms with Crippen LogP contribution in [0.3, 0.4) is 0 Å². The van der Waals surface area contributed by atoms with Crippen LogP contribution >= 0.6 is 0 Å². The van der Waals surface area contributed by atoms with E-state index in [1.165, 1.54) is 12.8 Å². The maximum absolute atomic E-state index is 12.8. The molecule has 21 heavy (non-hydrogen) atoms. The summed E-state index contributed by atoms with van der Waals surface area (Å²) in [5, 5.41) is 5.66. The van der Waals surface area contributed by atoms with E-state index in [0.29, 0.717) is 12.6 Å². The molecule has 0 aliphatic heterocycles. The summed E-state index contributed by atoms with van der Waals surface area (Å²) >= 11 is 0. The van der Waals surface area contributed by atoms with Crippen LogP contribution in [-0.4, -0.2) is 42.6 Å². The molecule has 7 heteroatoms. The van der Waals surface area contributed by atoms with Crippen LogP contribution in [0.4, 0.5) is 24.8 Å². The van der Waals surface area contributed by atoms with Crippen molar-refractivity contribution in [2.24, 2.45) is 0 Å². The Bertz CT molecular complexity index is 486. The quantitative estimate of drug-likeness (QED) is 0.847. The van der Waals surface area contributed by atoms with Gasteiger partial charge in [-0.2, -0.15) is 13.2 Å². The minimum atomic E-state index is -4.37. The SMILES string of the molecule is CNc1cc(C(F)(F)F)cc(NCC(C)N(C)C2CC2)n1. The van der Waals surface area contributed by atoms with Gasteiger partial charge in [-0.3, -0.25) is 4.90 Å². The molecule has 1 aromatic rings. The molecule has 1 saturated carbocycles. The molecule has 1 fully saturated rings. The number of aromatic nitrogens is 1. The smallest absolute Gasteiger partial charge is 0.373 e. The highest BCUT2D eigenvalue weighted by Gasteiger charge is 2.32. The van der Waals surface area contributed by atoms with Crippen LogP contribution in [0.1, 0.15) is 25.3 Å². The molecular formula is C14H21F3N4. The first-order valence-electron chi connectivity index (χ1n) is 7.04. The molecule has 2 rings (SSSR count). The van der Waals surface area contributed by atoms with Crippen LogP contribution in [0, 0.1) is 0 Å². The number of anilines is 2. The van der Waals surface area contributed by atoms with Gasteiger partial charge in [-0.15, -0.1) is 0 Å². The second-order valence-corrected chi connectivity index (χ2v) is 5.50. The Labute approximate surface area is 122 Å². The van der Waals surface area contributed by atoms with Crippen LogP contribution in [0.15, 0.2) is 12.1 Å². The van der Waals surface area contributed by atoms with E-state index in [4.69, 9.17) is 0 Å². The summed E-state index contributed by atoms with van der Waals surface area (Å²) in [5.74, 6) is 0.445. The van der Waals surface area contributed by atoms with Crippen LogP contribution in [0.25, 0.3) is 0 Å². The predicted octanol–water partition coefficient (Wildman–Crippen LogP) is 3.04. The van der Waals surface area contributed by atoms with E-state index in [0.717, 1.165) is 12.1 Å². The Kier molecular flexibility index (Phi) is 4.61. The zero-order valence-corrected chi connectivity index (χ0v) is 12.5. The topological polar surface area (TPSA) is 40.2 Å². The van der Waals surface area contributed by atoms with Gasteiger partial charge in [0.2, 0.25) is 0 Å². The van der Waals surface area contributed by atoms with Gasteiger partial charge in [0.25, 0.3) is 0 Å². The molecule has 0 radical (unpaired) electrons. The maximum atomic E-state index is 12.8. The van der Waals surface area contributed by atoms with Crippen molar-refractivity contribution >= 4 is 11.6 Å². The number of rotatable bonds is 6. The summed E-state index contributed by atoms with van der Waals surface area (Å²) in [7, 11) is 3.60. The molecule has 1 heterocycles. The maximum Gasteiger partial charge on any atom is 0.416 e. The van der Waals surface area contributed by atoms with Crippen molar-refractivity contribution in [3.05, 3.63) is 17.7 Å². The molecule has 1 aromatic heterocycles. The normalized spacial score (nSPS) is 16.9. The average molecular weight is 302 g/mol. The third-order valence-electron chi connectivity index (χ3n) is 3.81. The van der Waals surface area contributed by atoms with E-state index in [2.05, 4.69) is 27.4 Å². The van der Waals surface area contributed by atoms with E-state index in [1.54, 1.807) is 7.05 Å². The molecule has 1 atom stereocenters.